The lowest BCUT2D eigenvalue weighted by molar-refractivity contribution is 0.345. The van der Waals surface area contributed by atoms with Gasteiger partial charge in [0.1, 0.15) is 11.4 Å². The number of rotatable bonds is 4. The van der Waals surface area contributed by atoms with Crippen molar-refractivity contribution in [2.45, 2.75) is 45.6 Å². The van der Waals surface area contributed by atoms with Crippen molar-refractivity contribution in [2.75, 3.05) is 11.9 Å². The number of nitrogens with two attached hydrogens (primary N) is 1. The van der Waals surface area contributed by atoms with E-state index in [1.54, 1.807) is 22.7 Å². The Bertz CT molecular complexity index is 602. The van der Waals surface area contributed by atoms with Crippen LogP contribution in [0.15, 0.2) is 5.38 Å². The zero-order chi connectivity index (χ0) is 14.8. The molecular weight excluding hydrogens is 336 g/mol. The van der Waals surface area contributed by atoms with Crippen LogP contribution < -0.4 is 11.1 Å². The Balaban J connectivity index is 0.00000176. The van der Waals surface area contributed by atoms with E-state index in [0.717, 1.165) is 34.0 Å². The van der Waals surface area contributed by atoms with E-state index in [2.05, 4.69) is 22.6 Å². The van der Waals surface area contributed by atoms with Crippen LogP contribution in [0.2, 0.25) is 0 Å². The fourth-order valence-electron chi connectivity index (χ4n) is 2.93. The lowest BCUT2D eigenvalue weighted by Gasteiger charge is -2.28. The average Bonchev–Trinajstić information content (AvgIpc) is 3.06. The van der Waals surface area contributed by atoms with Crippen LogP contribution in [0.5, 0.6) is 0 Å². The van der Waals surface area contributed by atoms with Crippen LogP contribution in [0, 0.1) is 19.8 Å². The van der Waals surface area contributed by atoms with Crippen molar-refractivity contribution in [2.24, 2.45) is 11.7 Å². The summed E-state index contributed by atoms with van der Waals surface area (Å²) in [7, 11) is 0. The Morgan fingerprint density at radius 2 is 1.95 bits per heavy atom. The summed E-state index contributed by atoms with van der Waals surface area (Å²) in [5.41, 5.74) is 7.78. The third-order valence-corrected chi connectivity index (χ3v) is 5.82. The van der Waals surface area contributed by atoms with Gasteiger partial charge in [0, 0.05) is 16.3 Å². The highest BCUT2D eigenvalue weighted by Crippen LogP contribution is 2.31. The minimum Gasteiger partial charge on any atom is -0.359 e. The monoisotopic (exact) mass is 358 g/mol. The van der Waals surface area contributed by atoms with Gasteiger partial charge in [0.25, 0.3) is 0 Å². The molecule has 2 aromatic rings. The Morgan fingerprint density at radius 1 is 1.23 bits per heavy atom. The normalized spacial score (nSPS) is 21.4. The summed E-state index contributed by atoms with van der Waals surface area (Å²) in [5.74, 6) is 0.718. The van der Waals surface area contributed by atoms with Gasteiger partial charge in [0.2, 0.25) is 0 Å². The second-order valence-corrected chi connectivity index (χ2v) is 8.04. The predicted octanol–water partition coefficient (Wildman–Crippen LogP) is 4.23. The van der Waals surface area contributed by atoms with Crippen molar-refractivity contribution in [1.29, 1.82) is 0 Å². The Kier molecular flexibility index (Phi) is 6.20. The van der Waals surface area contributed by atoms with Crippen LogP contribution in [-0.2, 0) is 0 Å². The Hall–Kier alpha value is -0.690. The third-order valence-electron chi connectivity index (χ3n) is 4.16. The molecule has 1 aliphatic carbocycles. The molecule has 2 heterocycles. The van der Waals surface area contributed by atoms with Crippen LogP contribution in [-0.4, -0.2) is 22.6 Å². The van der Waals surface area contributed by atoms with Crippen molar-refractivity contribution >= 4 is 40.2 Å². The summed E-state index contributed by atoms with van der Waals surface area (Å²) in [6, 6.07) is 0.546. The highest BCUT2D eigenvalue weighted by Gasteiger charge is 2.21. The van der Waals surface area contributed by atoms with Gasteiger partial charge < -0.3 is 11.1 Å². The largest absolute Gasteiger partial charge is 0.359 e. The smallest absolute Gasteiger partial charge is 0.183 e. The molecule has 1 fully saturated rings. The van der Waals surface area contributed by atoms with Gasteiger partial charge in [-0.05, 0) is 52.0 Å². The highest BCUT2D eigenvalue weighted by molar-refractivity contribution is 7.14. The number of nitrogens with one attached hydrogen (secondary N) is 1. The molecule has 4 nitrogen and oxygen atoms in total. The fourth-order valence-corrected chi connectivity index (χ4v) is 4.53. The maximum absolute atomic E-state index is 5.75. The summed E-state index contributed by atoms with van der Waals surface area (Å²) < 4.78 is 0. The molecule has 1 aliphatic rings. The van der Waals surface area contributed by atoms with E-state index < -0.39 is 0 Å². The number of aromatic nitrogens is 2. The van der Waals surface area contributed by atoms with Gasteiger partial charge in [0.05, 0.1) is 5.01 Å². The number of aryl methyl sites for hydroxylation is 2. The first-order chi connectivity index (χ1) is 10.2. The van der Waals surface area contributed by atoms with Crippen molar-refractivity contribution < 1.29 is 0 Å². The van der Waals surface area contributed by atoms with Crippen molar-refractivity contribution in [3.8, 4) is 11.4 Å². The lowest BCUT2D eigenvalue weighted by Crippen LogP contribution is -2.29. The molecule has 0 radical (unpaired) electrons. The molecule has 0 aliphatic heterocycles. The molecule has 0 amide bonds. The zero-order valence-corrected chi connectivity index (χ0v) is 15.4. The summed E-state index contributed by atoms with van der Waals surface area (Å²) in [4.78, 5) is 10.5. The van der Waals surface area contributed by atoms with E-state index in [9.17, 15) is 0 Å². The molecule has 1 saturated carbocycles. The molecule has 0 atom stereocenters. The van der Waals surface area contributed by atoms with Gasteiger partial charge in [-0.25, -0.2) is 9.97 Å². The molecule has 0 unspecified atom stereocenters. The van der Waals surface area contributed by atoms with E-state index in [1.165, 1.54) is 30.6 Å². The molecule has 22 heavy (non-hydrogen) atoms. The van der Waals surface area contributed by atoms with Crippen LogP contribution in [0.3, 0.4) is 0 Å². The standard InChI is InChI=1S/C15H22N4S2.ClH/c1-9-14(17-10(2)21-9)13-8-20-15(19-13)18-12-5-3-11(7-16)4-6-12;/h8,11-12H,3-7,16H2,1-2H3,(H,18,19);1H/t11-,12-;. The number of anilines is 1. The van der Waals surface area contributed by atoms with Crippen molar-refractivity contribution in [3.63, 3.8) is 0 Å². The van der Waals surface area contributed by atoms with Crippen LogP contribution in [0.25, 0.3) is 11.4 Å². The lowest BCUT2D eigenvalue weighted by atomic mass is 9.86. The fraction of sp³-hybridized carbons (Fsp3) is 0.600. The Morgan fingerprint density at radius 3 is 2.55 bits per heavy atom. The topological polar surface area (TPSA) is 63.8 Å². The van der Waals surface area contributed by atoms with E-state index >= 15 is 0 Å². The quantitative estimate of drug-likeness (QED) is 0.858. The molecule has 0 spiro atoms. The molecule has 0 bridgehead atoms. The van der Waals surface area contributed by atoms with Crippen LogP contribution >= 0.6 is 35.1 Å². The molecule has 3 N–H and O–H groups in total. The van der Waals surface area contributed by atoms with Gasteiger partial charge in [-0.2, -0.15) is 0 Å². The number of hydrogen-bond donors (Lipinski definition) is 2. The first-order valence-corrected chi connectivity index (χ1v) is 9.22. The van der Waals surface area contributed by atoms with Gasteiger partial charge >= 0.3 is 0 Å². The molecule has 2 aromatic heterocycles. The number of hydrogen-bond acceptors (Lipinski definition) is 6. The summed E-state index contributed by atoms with van der Waals surface area (Å²) >= 11 is 3.41. The third kappa shape index (κ3) is 3.98. The Labute approximate surface area is 146 Å². The second kappa shape index (κ2) is 7.73. The van der Waals surface area contributed by atoms with E-state index in [-0.39, 0.29) is 12.4 Å². The summed E-state index contributed by atoms with van der Waals surface area (Å²) in [5, 5.41) is 7.81. The van der Waals surface area contributed by atoms with E-state index in [0.29, 0.717) is 6.04 Å². The van der Waals surface area contributed by atoms with Gasteiger partial charge in [0.15, 0.2) is 5.13 Å². The molecule has 0 aromatic carbocycles. The predicted molar refractivity (Wildman–Crippen MR) is 98.4 cm³/mol. The van der Waals surface area contributed by atoms with Crippen LogP contribution in [0.4, 0.5) is 5.13 Å². The SMILES string of the molecule is Cc1nc(-c2csc(N[C@H]3CC[C@H](CN)CC3)n2)c(C)s1.Cl. The van der Waals surface area contributed by atoms with Gasteiger partial charge in [-0.15, -0.1) is 35.1 Å². The first-order valence-electron chi connectivity index (χ1n) is 7.52. The molecular formula is C15H23ClN4S2. The zero-order valence-electron chi connectivity index (χ0n) is 13.0. The van der Waals surface area contributed by atoms with Gasteiger partial charge in [-0.3, -0.25) is 0 Å². The van der Waals surface area contributed by atoms with E-state index in [1.807, 2.05) is 6.92 Å². The molecule has 7 heteroatoms. The van der Waals surface area contributed by atoms with E-state index in [4.69, 9.17) is 10.7 Å². The number of halogens is 1. The molecule has 0 saturated heterocycles. The summed E-state index contributed by atoms with van der Waals surface area (Å²) in [6.07, 6.45) is 4.87. The second-order valence-electron chi connectivity index (χ2n) is 5.77. The minimum atomic E-state index is 0. The number of nitrogens with zero attached hydrogens (tertiary/aromatic N) is 2. The van der Waals surface area contributed by atoms with Crippen molar-refractivity contribution in [1.82, 2.24) is 9.97 Å². The minimum absolute atomic E-state index is 0. The molecule has 122 valence electrons. The van der Waals surface area contributed by atoms with Crippen molar-refractivity contribution in [3.05, 3.63) is 15.3 Å². The van der Waals surface area contributed by atoms with Crippen LogP contribution in [0.1, 0.15) is 35.6 Å². The summed E-state index contributed by atoms with van der Waals surface area (Å²) in [6.45, 7) is 4.99. The highest BCUT2D eigenvalue weighted by atomic mass is 35.5. The average molecular weight is 359 g/mol. The number of thiazole rings is 2. The first kappa shape index (κ1) is 17.7. The molecule has 3 rings (SSSR count). The maximum Gasteiger partial charge on any atom is 0.183 e. The van der Waals surface area contributed by atoms with Gasteiger partial charge in [-0.1, -0.05) is 0 Å². The maximum atomic E-state index is 5.75.